The Bertz CT molecular complexity index is 811. The van der Waals surface area contributed by atoms with Crippen molar-refractivity contribution in [1.82, 2.24) is 10.2 Å². The highest BCUT2D eigenvalue weighted by molar-refractivity contribution is 5.89. The second kappa shape index (κ2) is 9.44. The highest BCUT2D eigenvalue weighted by atomic mass is 19.1. The van der Waals surface area contributed by atoms with Crippen LogP contribution in [0.5, 0.6) is 0 Å². The molecule has 1 N–H and O–H groups in total. The number of nitrogens with one attached hydrogen (secondary N) is 1. The monoisotopic (exact) mass is 384 g/mol. The number of likely N-dealkylation sites (tertiary alicyclic amines) is 1. The maximum absolute atomic E-state index is 13.4. The number of halogens is 2. The normalized spacial score (nSPS) is 20.0. The van der Waals surface area contributed by atoms with Crippen molar-refractivity contribution in [3.8, 4) is 0 Å². The third-order valence-electron chi connectivity index (χ3n) is 5.02. The summed E-state index contributed by atoms with van der Waals surface area (Å²) in [6.45, 7) is 7.93. The fourth-order valence-electron chi connectivity index (χ4n) is 3.66. The van der Waals surface area contributed by atoms with Crippen molar-refractivity contribution in [2.45, 2.75) is 26.2 Å². The maximum atomic E-state index is 13.4. The number of allylic oxidation sites excluding steroid dienone is 3. The van der Waals surface area contributed by atoms with Gasteiger partial charge in [0, 0.05) is 42.8 Å². The molecule has 1 aromatic carbocycles. The Kier molecular flexibility index (Phi) is 6.74. The molecular weight excluding hydrogens is 358 g/mol. The molecule has 1 fully saturated rings. The molecule has 28 heavy (non-hydrogen) atoms. The molecule has 4 nitrogen and oxygen atoms in total. The van der Waals surface area contributed by atoms with Gasteiger partial charge >= 0.3 is 0 Å². The Hall–Kier alpha value is -2.76. The van der Waals surface area contributed by atoms with E-state index in [1.807, 2.05) is 19.1 Å². The lowest BCUT2D eigenvalue weighted by atomic mass is 9.90. The first-order valence-electron chi connectivity index (χ1n) is 9.60. The van der Waals surface area contributed by atoms with Crippen molar-refractivity contribution in [1.29, 1.82) is 0 Å². The van der Waals surface area contributed by atoms with Crippen LogP contribution < -0.4 is 5.32 Å². The van der Waals surface area contributed by atoms with Crippen LogP contribution in [-0.2, 0) is 6.42 Å². The van der Waals surface area contributed by atoms with Gasteiger partial charge in [0.1, 0.15) is 11.6 Å². The minimum atomic E-state index is -0.506. The lowest BCUT2D eigenvalue weighted by Gasteiger charge is -2.33. The quantitative estimate of drug-likeness (QED) is 0.772. The van der Waals surface area contributed by atoms with Gasteiger partial charge in [-0.05, 0) is 49.8 Å². The van der Waals surface area contributed by atoms with E-state index in [1.54, 1.807) is 6.21 Å². The number of aliphatic imine (C=N–C) groups is 2. The number of hydrogen-bond acceptors (Lipinski definition) is 4. The van der Waals surface area contributed by atoms with Crippen LogP contribution in [0.1, 0.15) is 25.3 Å². The van der Waals surface area contributed by atoms with E-state index >= 15 is 0 Å². The van der Waals surface area contributed by atoms with Crippen LogP contribution >= 0.6 is 0 Å². The van der Waals surface area contributed by atoms with E-state index in [-0.39, 0.29) is 0 Å². The molecule has 1 saturated heterocycles. The number of hydrogen-bond donors (Lipinski definition) is 1. The Balaban J connectivity index is 1.56. The number of piperidine rings is 1. The number of benzene rings is 1. The summed E-state index contributed by atoms with van der Waals surface area (Å²) in [6.07, 6.45) is 9.90. The summed E-state index contributed by atoms with van der Waals surface area (Å²) in [4.78, 5) is 11.0. The fraction of sp³-hybridized carbons (Fsp3) is 0.364. The largest absolute Gasteiger partial charge is 0.343 e. The molecule has 3 rings (SSSR count). The van der Waals surface area contributed by atoms with Crippen molar-refractivity contribution in [3.05, 3.63) is 71.6 Å². The Morgan fingerprint density at radius 2 is 2.00 bits per heavy atom. The number of guanidine groups is 1. The predicted molar refractivity (Wildman–Crippen MR) is 110 cm³/mol. The molecule has 1 aromatic rings. The molecule has 0 amide bonds. The molecule has 0 aliphatic carbocycles. The van der Waals surface area contributed by atoms with Gasteiger partial charge < -0.3 is 10.2 Å². The molecule has 148 valence electrons. The number of rotatable bonds is 5. The maximum Gasteiger partial charge on any atom is 0.198 e. The first-order valence-corrected chi connectivity index (χ1v) is 9.60. The van der Waals surface area contributed by atoms with Crippen molar-refractivity contribution in [2.24, 2.45) is 15.9 Å². The first-order chi connectivity index (χ1) is 13.6. The third kappa shape index (κ3) is 5.15. The van der Waals surface area contributed by atoms with Crippen LogP contribution in [-0.4, -0.2) is 36.7 Å². The van der Waals surface area contributed by atoms with Gasteiger partial charge in [-0.1, -0.05) is 18.7 Å². The van der Waals surface area contributed by atoms with E-state index in [0.717, 1.165) is 54.8 Å². The van der Waals surface area contributed by atoms with Crippen LogP contribution in [0, 0.1) is 17.6 Å². The third-order valence-corrected chi connectivity index (χ3v) is 5.02. The predicted octanol–water partition coefficient (Wildman–Crippen LogP) is 4.22. The topological polar surface area (TPSA) is 40.0 Å². The Morgan fingerprint density at radius 3 is 2.64 bits per heavy atom. The first kappa shape index (κ1) is 20.0. The van der Waals surface area contributed by atoms with E-state index < -0.39 is 11.6 Å². The summed E-state index contributed by atoms with van der Waals surface area (Å²) in [7, 11) is 0. The van der Waals surface area contributed by atoms with Gasteiger partial charge in [-0.15, -0.1) is 0 Å². The average molecular weight is 384 g/mol. The summed E-state index contributed by atoms with van der Waals surface area (Å²) < 4.78 is 26.8. The molecular formula is C22H26F2N4. The number of nitrogens with zero attached hydrogens (tertiary/aromatic N) is 3. The van der Waals surface area contributed by atoms with E-state index in [4.69, 9.17) is 0 Å². The zero-order valence-electron chi connectivity index (χ0n) is 16.2. The standard InChI is InChI=1S/C22H26F2N4/c1-3-5-18(14-25-4-2)21-15-26-22(27-21)28-8-6-16(7-9-28)10-17-11-19(23)13-20(24)12-17/h3-5,11-14,16H,2,6-10,15H2,1H3,(H,26,27)/b5-3-,21-18?,25-14?. The highest BCUT2D eigenvalue weighted by Crippen LogP contribution is 2.23. The highest BCUT2D eigenvalue weighted by Gasteiger charge is 2.25. The van der Waals surface area contributed by atoms with Crippen molar-refractivity contribution >= 4 is 12.2 Å². The summed E-state index contributed by atoms with van der Waals surface area (Å²) >= 11 is 0. The van der Waals surface area contributed by atoms with Crippen LogP contribution in [0.15, 0.2) is 64.4 Å². The minimum absolute atomic E-state index is 0.424. The molecule has 0 atom stereocenters. The summed E-state index contributed by atoms with van der Waals surface area (Å²) in [6, 6.07) is 3.79. The average Bonchev–Trinajstić information content (AvgIpc) is 3.15. The lowest BCUT2D eigenvalue weighted by Crippen LogP contribution is -2.43. The van der Waals surface area contributed by atoms with Crippen molar-refractivity contribution in [2.75, 3.05) is 19.6 Å². The van der Waals surface area contributed by atoms with Gasteiger partial charge in [-0.25, -0.2) is 13.8 Å². The molecule has 0 saturated carbocycles. The smallest absolute Gasteiger partial charge is 0.198 e. The Morgan fingerprint density at radius 1 is 1.29 bits per heavy atom. The van der Waals surface area contributed by atoms with E-state index in [9.17, 15) is 8.78 Å². The summed E-state index contributed by atoms with van der Waals surface area (Å²) in [5.74, 6) is 0.299. The minimum Gasteiger partial charge on any atom is -0.343 e. The zero-order valence-corrected chi connectivity index (χ0v) is 16.2. The van der Waals surface area contributed by atoms with Crippen LogP contribution in [0.3, 0.4) is 0 Å². The second-order valence-electron chi connectivity index (χ2n) is 7.07. The van der Waals surface area contributed by atoms with Crippen LogP contribution in [0.25, 0.3) is 0 Å². The second-order valence-corrected chi connectivity index (χ2v) is 7.07. The van der Waals surface area contributed by atoms with Gasteiger partial charge in [-0.2, -0.15) is 0 Å². The van der Waals surface area contributed by atoms with Gasteiger partial charge in [0.15, 0.2) is 5.96 Å². The molecule has 0 unspecified atom stereocenters. The van der Waals surface area contributed by atoms with Crippen molar-refractivity contribution in [3.63, 3.8) is 0 Å². The van der Waals surface area contributed by atoms with E-state index in [0.29, 0.717) is 18.9 Å². The SMILES string of the molecule is C=CN=CC(/C=C\C)=C1CN=C(N2CCC(Cc3cc(F)cc(F)c3)CC2)N1. The lowest BCUT2D eigenvalue weighted by molar-refractivity contribution is 0.261. The molecule has 6 heteroatoms. The van der Waals surface area contributed by atoms with Gasteiger partial charge in [0.05, 0.1) is 6.54 Å². The molecule has 2 aliphatic rings. The molecule has 0 spiro atoms. The van der Waals surface area contributed by atoms with Gasteiger partial charge in [0.25, 0.3) is 0 Å². The van der Waals surface area contributed by atoms with Crippen LogP contribution in [0.4, 0.5) is 8.78 Å². The summed E-state index contributed by atoms with van der Waals surface area (Å²) in [5, 5.41) is 3.41. The Labute approximate surface area is 165 Å². The van der Waals surface area contributed by atoms with Crippen molar-refractivity contribution < 1.29 is 8.78 Å². The summed E-state index contributed by atoms with van der Waals surface area (Å²) in [5.41, 5.74) is 2.75. The van der Waals surface area contributed by atoms with Gasteiger partial charge in [0.2, 0.25) is 0 Å². The van der Waals surface area contributed by atoms with E-state index in [1.165, 1.54) is 18.3 Å². The van der Waals surface area contributed by atoms with Gasteiger partial charge in [-0.3, -0.25) is 4.99 Å². The molecule has 0 aromatic heterocycles. The van der Waals surface area contributed by atoms with E-state index in [2.05, 4.69) is 26.8 Å². The molecule has 2 heterocycles. The fourth-order valence-corrected chi connectivity index (χ4v) is 3.66. The van der Waals surface area contributed by atoms with Crippen LogP contribution in [0.2, 0.25) is 0 Å². The zero-order chi connectivity index (χ0) is 19.9. The molecule has 0 bridgehead atoms. The molecule has 0 radical (unpaired) electrons. The molecule has 2 aliphatic heterocycles.